The van der Waals surface area contributed by atoms with Gasteiger partial charge in [-0.3, -0.25) is 4.79 Å². The molecule has 1 aromatic carbocycles. The van der Waals surface area contributed by atoms with Crippen LogP contribution in [0.5, 0.6) is 0 Å². The number of amides is 1. The first-order valence-corrected chi connectivity index (χ1v) is 7.22. The highest BCUT2D eigenvalue weighted by Crippen LogP contribution is 2.19. The second-order valence-corrected chi connectivity index (χ2v) is 5.38. The van der Waals surface area contributed by atoms with E-state index in [2.05, 4.69) is 20.9 Å². The van der Waals surface area contributed by atoms with Gasteiger partial charge in [0.15, 0.2) is 0 Å². The highest BCUT2D eigenvalue weighted by Gasteiger charge is 2.21. The minimum atomic E-state index is -0.396. The highest BCUT2D eigenvalue weighted by molar-refractivity contribution is 5.93. The molecule has 0 aliphatic heterocycles. The van der Waals surface area contributed by atoms with Gasteiger partial charge in [-0.2, -0.15) is 0 Å². The number of hydrogen-bond donors (Lipinski definition) is 2. The predicted molar refractivity (Wildman–Crippen MR) is 79.7 cm³/mol. The number of para-hydroxylation sites is 1. The zero-order chi connectivity index (χ0) is 14.7. The fourth-order valence-corrected chi connectivity index (χ4v) is 2.01. The molecule has 0 saturated heterocycles. The highest BCUT2D eigenvalue weighted by atomic mass is 16.2. The summed E-state index contributed by atoms with van der Waals surface area (Å²) in [6, 6.07) is 9.64. The van der Waals surface area contributed by atoms with Crippen LogP contribution in [0.1, 0.15) is 31.5 Å². The van der Waals surface area contributed by atoms with E-state index >= 15 is 0 Å². The van der Waals surface area contributed by atoms with Gasteiger partial charge in [0.2, 0.25) is 5.91 Å². The number of nitrogens with one attached hydrogen (secondary N) is 2. The van der Waals surface area contributed by atoms with Gasteiger partial charge in [-0.15, -0.1) is 5.10 Å². The van der Waals surface area contributed by atoms with E-state index in [1.807, 2.05) is 43.5 Å². The number of benzene rings is 1. The number of nitrogens with zero attached hydrogens (tertiary/aromatic N) is 3. The van der Waals surface area contributed by atoms with E-state index in [0.29, 0.717) is 12.6 Å². The van der Waals surface area contributed by atoms with E-state index < -0.39 is 6.04 Å². The minimum Gasteiger partial charge on any atom is -0.324 e. The van der Waals surface area contributed by atoms with Gasteiger partial charge in [-0.1, -0.05) is 23.4 Å². The van der Waals surface area contributed by atoms with Crippen molar-refractivity contribution in [2.45, 2.75) is 38.4 Å². The Morgan fingerprint density at radius 1 is 1.38 bits per heavy atom. The lowest BCUT2D eigenvalue weighted by atomic mass is 10.2. The molecule has 0 bridgehead atoms. The molecule has 1 saturated carbocycles. The smallest absolute Gasteiger partial charge is 0.249 e. The van der Waals surface area contributed by atoms with Crippen LogP contribution in [0.25, 0.3) is 0 Å². The zero-order valence-electron chi connectivity index (χ0n) is 12.0. The number of rotatable bonds is 6. The van der Waals surface area contributed by atoms with Crippen LogP contribution in [0.2, 0.25) is 0 Å². The van der Waals surface area contributed by atoms with Crippen molar-refractivity contribution < 1.29 is 4.79 Å². The molecule has 1 atom stereocenters. The molecule has 21 heavy (non-hydrogen) atoms. The van der Waals surface area contributed by atoms with Crippen LogP contribution < -0.4 is 10.6 Å². The lowest BCUT2D eigenvalue weighted by Crippen LogP contribution is -2.24. The van der Waals surface area contributed by atoms with Crippen molar-refractivity contribution in [3.05, 3.63) is 42.2 Å². The van der Waals surface area contributed by atoms with Gasteiger partial charge < -0.3 is 10.6 Å². The lowest BCUT2D eigenvalue weighted by molar-refractivity contribution is -0.119. The van der Waals surface area contributed by atoms with Crippen molar-refractivity contribution in [3.63, 3.8) is 0 Å². The number of carbonyl (C=O) groups is 1. The second-order valence-electron chi connectivity index (χ2n) is 5.38. The minimum absolute atomic E-state index is 0.104. The summed E-state index contributed by atoms with van der Waals surface area (Å²) in [6.07, 6.45) is 4.30. The maximum absolute atomic E-state index is 12.2. The summed E-state index contributed by atoms with van der Waals surface area (Å²) >= 11 is 0. The molecule has 2 aromatic rings. The largest absolute Gasteiger partial charge is 0.324 e. The van der Waals surface area contributed by atoms with Crippen LogP contribution in [0.15, 0.2) is 36.5 Å². The van der Waals surface area contributed by atoms with Crippen LogP contribution in [0.4, 0.5) is 5.69 Å². The number of anilines is 1. The van der Waals surface area contributed by atoms with Crippen molar-refractivity contribution in [1.29, 1.82) is 0 Å². The van der Waals surface area contributed by atoms with Crippen molar-refractivity contribution in [3.8, 4) is 0 Å². The van der Waals surface area contributed by atoms with Crippen molar-refractivity contribution in [2.75, 3.05) is 5.32 Å². The SMILES string of the molecule is CC(C(=O)Nc1ccccc1)n1cc(CNC2CC2)nn1. The van der Waals surface area contributed by atoms with Gasteiger partial charge in [-0.05, 0) is 31.9 Å². The van der Waals surface area contributed by atoms with Gasteiger partial charge in [-0.25, -0.2) is 4.68 Å². The molecule has 1 aromatic heterocycles. The van der Waals surface area contributed by atoms with E-state index in [4.69, 9.17) is 0 Å². The Hall–Kier alpha value is -2.21. The van der Waals surface area contributed by atoms with Gasteiger partial charge in [0.25, 0.3) is 0 Å². The summed E-state index contributed by atoms with van der Waals surface area (Å²) in [5, 5.41) is 14.4. The quantitative estimate of drug-likeness (QED) is 0.848. The number of carbonyl (C=O) groups excluding carboxylic acids is 1. The summed E-state index contributed by atoms with van der Waals surface area (Å²) in [4.78, 5) is 12.2. The average Bonchev–Trinajstić information content (AvgIpc) is 3.22. The summed E-state index contributed by atoms with van der Waals surface area (Å²) in [7, 11) is 0. The third-order valence-corrected chi connectivity index (χ3v) is 3.52. The first-order chi connectivity index (χ1) is 10.2. The molecular weight excluding hydrogens is 266 g/mol. The summed E-state index contributed by atoms with van der Waals surface area (Å²) in [5.74, 6) is -0.104. The maximum atomic E-state index is 12.2. The Labute approximate surface area is 123 Å². The Kier molecular flexibility index (Phi) is 3.96. The topological polar surface area (TPSA) is 71.8 Å². The lowest BCUT2D eigenvalue weighted by Gasteiger charge is -2.11. The summed E-state index contributed by atoms with van der Waals surface area (Å²) in [5.41, 5.74) is 1.64. The van der Waals surface area contributed by atoms with Crippen LogP contribution in [0, 0.1) is 0 Å². The van der Waals surface area contributed by atoms with E-state index in [9.17, 15) is 4.79 Å². The molecule has 0 spiro atoms. The fourth-order valence-electron chi connectivity index (χ4n) is 2.01. The Bertz CT molecular complexity index is 606. The molecule has 6 nitrogen and oxygen atoms in total. The average molecular weight is 285 g/mol. The van der Waals surface area contributed by atoms with E-state index in [0.717, 1.165) is 11.4 Å². The first kappa shape index (κ1) is 13.8. The maximum Gasteiger partial charge on any atom is 0.249 e. The monoisotopic (exact) mass is 285 g/mol. The van der Waals surface area contributed by atoms with Crippen LogP contribution in [0.3, 0.4) is 0 Å². The molecule has 1 aliphatic rings. The molecule has 1 heterocycles. The normalized spacial score (nSPS) is 15.7. The fraction of sp³-hybridized carbons (Fsp3) is 0.400. The third-order valence-electron chi connectivity index (χ3n) is 3.52. The molecular formula is C15H19N5O. The third kappa shape index (κ3) is 3.66. The molecule has 1 unspecified atom stereocenters. The molecule has 1 amide bonds. The van der Waals surface area contributed by atoms with Crippen molar-refractivity contribution in [2.24, 2.45) is 0 Å². The predicted octanol–water partition coefficient (Wildman–Crippen LogP) is 1.73. The summed E-state index contributed by atoms with van der Waals surface area (Å²) < 4.78 is 1.60. The van der Waals surface area contributed by atoms with Crippen LogP contribution >= 0.6 is 0 Å². The molecule has 2 N–H and O–H groups in total. The Morgan fingerprint density at radius 3 is 2.86 bits per heavy atom. The molecule has 6 heteroatoms. The van der Waals surface area contributed by atoms with Crippen LogP contribution in [-0.2, 0) is 11.3 Å². The van der Waals surface area contributed by atoms with E-state index in [-0.39, 0.29) is 5.91 Å². The molecule has 1 fully saturated rings. The second kappa shape index (κ2) is 6.05. The zero-order valence-corrected chi connectivity index (χ0v) is 12.0. The van der Waals surface area contributed by atoms with Crippen LogP contribution in [-0.4, -0.2) is 26.9 Å². The van der Waals surface area contributed by atoms with Crippen molar-refractivity contribution >= 4 is 11.6 Å². The first-order valence-electron chi connectivity index (χ1n) is 7.22. The Balaban J connectivity index is 1.58. The van der Waals surface area contributed by atoms with Gasteiger partial charge in [0, 0.05) is 18.3 Å². The number of aromatic nitrogens is 3. The van der Waals surface area contributed by atoms with E-state index in [1.54, 1.807) is 4.68 Å². The standard InChI is InChI=1S/C15H19N5O/c1-11(15(21)17-13-5-3-2-4-6-13)20-10-14(18-19-20)9-16-12-7-8-12/h2-6,10-12,16H,7-9H2,1H3,(H,17,21). The Morgan fingerprint density at radius 2 is 2.14 bits per heavy atom. The van der Waals surface area contributed by atoms with Gasteiger partial charge in [0.1, 0.15) is 6.04 Å². The van der Waals surface area contributed by atoms with Crippen molar-refractivity contribution in [1.82, 2.24) is 20.3 Å². The summed E-state index contributed by atoms with van der Waals surface area (Å²) in [6.45, 7) is 2.52. The van der Waals surface area contributed by atoms with Gasteiger partial charge >= 0.3 is 0 Å². The number of hydrogen-bond acceptors (Lipinski definition) is 4. The van der Waals surface area contributed by atoms with E-state index in [1.165, 1.54) is 12.8 Å². The molecule has 0 radical (unpaired) electrons. The molecule has 3 rings (SSSR count). The van der Waals surface area contributed by atoms with Gasteiger partial charge in [0.05, 0.1) is 11.9 Å². The molecule has 110 valence electrons. The molecule has 1 aliphatic carbocycles.